The van der Waals surface area contributed by atoms with E-state index in [9.17, 15) is 13.2 Å². The number of rotatable bonds is 7. The summed E-state index contributed by atoms with van der Waals surface area (Å²) in [5.74, 6) is -0.418. The first-order valence-electron chi connectivity index (χ1n) is 11.2. The lowest BCUT2D eigenvalue weighted by atomic mass is 10.0. The smallest absolute Gasteiger partial charge is 0.264 e. The van der Waals surface area contributed by atoms with Gasteiger partial charge in [-0.15, -0.1) is 0 Å². The van der Waals surface area contributed by atoms with Gasteiger partial charge in [-0.1, -0.05) is 54.1 Å². The molecule has 0 atom stereocenters. The number of nitrogens with one attached hydrogen (secondary N) is 1. The van der Waals surface area contributed by atoms with Crippen molar-refractivity contribution in [1.82, 2.24) is 10.2 Å². The lowest BCUT2D eigenvalue weighted by molar-refractivity contribution is 0.0951. The van der Waals surface area contributed by atoms with Crippen molar-refractivity contribution in [2.24, 2.45) is 0 Å². The van der Waals surface area contributed by atoms with Gasteiger partial charge in [-0.3, -0.25) is 9.10 Å². The quantitative estimate of drug-likeness (QED) is 0.522. The maximum absolute atomic E-state index is 13.5. The van der Waals surface area contributed by atoms with Crippen molar-refractivity contribution >= 4 is 33.2 Å². The van der Waals surface area contributed by atoms with Crippen molar-refractivity contribution in [2.45, 2.75) is 30.8 Å². The fourth-order valence-electron chi connectivity index (χ4n) is 4.12. The van der Waals surface area contributed by atoms with Gasteiger partial charge in [-0.25, -0.2) is 8.42 Å². The van der Waals surface area contributed by atoms with Crippen molar-refractivity contribution in [3.8, 4) is 0 Å². The van der Waals surface area contributed by atoms with Crippen molar-refractivity contribution in [3.63, 3.8) is 0 Å². The number of benzene rings is 3. The number of para-hydroxylation sites is 1. The number of anilines is 1. The molecule has 1 amide bonds. The minimum Gasteiger partial charge on any atom is -0.348 e. The summed E-state index contributed by atoms with van der Waals surface area (Å²) in [6, 6.07) is 19.8. The van der Waals surface area contributed by atoms with Gasteiger partial charge >= 0.3 is 0 Å². The third-order valence-electron chi connectivity index (χ3n) is 5.81. The predicted molar refractivity (Wildman–Crippen MR) is 136 cm³/mol. The second-order valence-electron chi connectivity index (χ2n) is 8.69. The zero-order valence-electron chi connectivity index (χ0n) is 19.3. The summed E-state index contributed by atoms with van der Waals surface area (Å²) in [6.07, 6.45) is 1.58. The molecule has 8 heteroatoms. The number of fused-ring (bicyclic) bond motifs is 1. The number of hydrogen-bond donors (Lipinski definition) is 1. The van der Waals surface area contributed by atoms with Crippen LogP contribution in [0.5, 0.6) is 0 Å². The largest absolute Gasteiger partial charge is 0.348 e. The van der Waals surface area contributed by atoms with Crippen molar-refractivity contribution in [1.29, 1.82) is 0 Å². The molecule has 178 valence electrons. The second-order valence-corrected chi connectivity index (χ2v) is 11.0. The fourth-order valence-corrected chi connectivity index (χ4v) is 5.89. The molecule has 0 aliphatic carbocycles. The minimum atomic E-state index is -3.84. The number of carbonyl (C=O) groups is 1. The highest BCUT2D eigenvalue weighted by atomic mass is 35.5. The molecule has 3 aromatic carbocycles. The summed E-state index contributed by atoms with van der Waals surface area (Å²) in [4.78, 5) is 15.0. The molecule has 0 saturated heterocycles. The van der Waals surface area contributed by atoms with Gasteiger partial charge in [-0.05, 0) is 67.9 Å². The molecule has 1 N–H and O–H groups in total. The molecule has 1 aliphatic heterocycles. The van der Waals surface area contributed by atoms with E-state index in [0.29, 0.717) is 18.8 Å². The Hall–Kier alpha value is -2.87. The maximum Gasteiger partial charge on any atom is 0.264 e. The Morgan fingerprint density at radius 3 is 2.47 bits per heavy atom. The summed E-state index contributed by atoms with van der Waals surface area (Å²) in [6.45, 7) is 1.55. The molecule has 0 fully saturated rings. The molecule has 3 aromatic rings. The number of amides is 1. The fraction of sp³-hybridized carbons (Fsp3) is 0.269. The van der Waals surface area contributed by atoms with E-state index < -0.39 is 15.9 Å². The summed E-state index contributed by atoms with van der Waals surface area (Å²) in [5, 5.41) is 3.05. The molecule has 4 rings (SSSR count). The number of hydrogen-bond acceptors (Lipinski definition) is 4. The van der Waals surface area contributed by atoms with Crippen LogP contribution < -0.4 is 9.62 Å². The number of carbonyl (C=O) groups excluding carboxylic acids is 1. The van der Waals surface area contributed by atoms with Gasteiger partial charge < -0.3 is 10.2 Å². The summed E-state index contributed by atoms with van der Waals surface area (Å²) in [7, 11) is 0.181. The molecule has 0 bridgehead atoms. The van der Waals surface area contributed by atoms with E-state index in [1.165, 1.54) is 28.1 Å². The van der Waals surface area contributed by atoms with Gasteiger partial charge in [0.05, 0.1) is 21.2 Å². The molecule has 0 radical (unpaired) electrons. The van der Waals surface area contributed by atoms with E-state index >= 15 is 0 Å². The summed E-state index contributed by atoms with van der Waals surface area (Å²) < 4.78 is 28.4. The molecule has 34 heavy (non-hydrogen) atoms. The molecular weight excluding hydrogens is 470 g/mol. The molecule has 1 heterocycles. The van der Waals surface area contributed by atoms with Crippen LogP contribution in [0.1, 0.15) is 33.5 Å². The van der Waals surface area contributed by atoms with Crippen LogP contribution >= 0.6 is 11.6 Å². The third kappa shape index (κ3) is 5.27. The molecular formula is C26H28ClN3O3S. The SMILES string of the molecule is CN(C)Cc1ccc(CNC(=O)c2cc(S(=O)(=O)N3CCCc4ccccc43)ccc2Cl)cc1. The van der Waals surface area contributed by atoms with Crippen LogP contribution in [-0.2, 0) is 29.5 Å². The monoisotopic (exact) mass is 497 g/mol. The Labute approximate surface area is 206 Å². The normalized spacial score (nSPS) is 13.6. The number of halogens is 1. The Bertz CT molecular complexity index is 1290. The van der Waals surface area contributed by atoms with Crippen LogP contribution in [0.4, 0.5) is 5.69 Å². The molecule has 6 nitrogen and oxygen atoms in total. The average Bonchev–Trinajstić information content (AvgIpc) is 2.83. The van der Waals surface area contributed by atoms with E-state index in [1.54, 1.807) is 0 Å². The maximum atomic E-state index is 13.5. The van der Waals surface area contributed by atoms with E-state index in [4.69, 9.17) is 11.6 Å². The van der Waals surface area contributed by atoms with E-state index in [0.717, 1.165) is 30.5 Å². The van der Waals surface area contributed by atoms with E-state index in [-0.39, 0.29) is 15.5 Å². The molecule has 0 saturated carbocycles. The van der Waals surface area contributed by atoms with Crippen LogP contribution in [0.25, 0.3) is 0 Å². The molecule has 0 spiro atoms. The first-order chi connectivity index (χ1) is 16.3. The van der Waals surface area contributed by atoms with Crippen LogP contribution in [-0.4, -0.2) is 39.9 Å². The van der Waals surface area contributed by atoms with Gasteiger partial charge in [0.2, 0.25) is 0 Å². The highest BCUT2D eigenvalue weighted by Crippen LogP contribution is 2.32. The van der Waals surface area contributed by atoms with Gasteiger partial charge in [0.1, 0.15) is 0 Å². The highest BCUT2D eigenvalue weighted by Gasteiger charge is 2.29. The first-order valence-corrected chi connectivity index (χ1v) is 13.0. The van der Waals surface area contributed by atoms with Crippen LogP contribution in [0.2, 0.25) is 5.02 Å². The van der Waals surface area contributed by atoms with Crippen LogP contribution in [0.15, 0.2) is 71.6 Å². The molecule has 1 aliphatic rings. The van der Waals surface area contributed by atoms with Crippen LogP contribution in [0.3, 0.4) is 0 Å². The Kier molecular flexibility index (Phi) is 7.26. The first kappa shape index (κ1) is 24.3. The Balaban J connectivity index is 1.52. The summed E-state index contributed by atoms with van der Waals surface area (Å²) in [5.41, 5.74) is 3.95. The van der Waals surface area contributed by atoms with Crippen LogP contribution in [0, 0.1) is 0 Å². The average molecular weight is 498 g/mol. The second kappa shape index (κ2) is 10.2. The van der Waals surface area contributed by atoms with Crippen molar-refractivity contribution in [2.75, 3.05) is 24.9 Å². The lowest BCUT2D eigenvalue weighted by Crippen LogP contribution is -2.35. The lowest BCUT2D eigenvalue weighted by Gasteiger charge is -2.30. The Morgan fingerprint density at radius 2 is 1.74 bits per heavy atom. The highest BCUT2D eigenvalue weighted by molar-refractivity contribution is 7.92. The topological polar surface area (TPSA) is 69.7 Å². The van der Waals surface area contributed by atoms with Crippen molar-refractivity contribution < 1.29 is 13.2 Å². The zero-order chi connectivity index (χ0) is 24.3. The van der Waals surface area contributed by atoms with Gasteiger partial charge in [-0.2, -0.15) is 0 Å². The summed E-state index contributed by atoms with van der Waals surface area (Å²) >= 11 is 6.29. The number of nitrogens with zero attached hydrogens (tertiary/aromatic N) is 2. The molecule has 0 aromatic heterocycles. The standard InChI is InChI=1S/C26H28ClN3O3S/c1-29(2)18-20-11-9-19(10-12-20)17-28-26(31)23-16-22(13-14-24(23)27)34(32,33)30-15-5-7-21-6-3-4-8-25(21)30/h3-4,6,8-14,16H,5,7,15,17-18H2,1-2H3,(H,28,31). The predicted octanol–water partition coefficient (Wildman–Crippen LogP) is 4.47. The van der Waals surface area contributed by atoms with Gasteiger partial charge in [0, 0.05) is 19.6 Å². The Morgan fingerprint density at radius 1 is 1.03 bits per heavy atom. The van der Waals surface area contributed by atoms with Gasteiger partial charge in [0.25, 0.3) is 15.9 Å². The minimum absolute atomic E-state index is 0.0480. The van der Waals surface area contributed by atoms with Gasteiger partial charge in [0.15, 0.2) is 0 Å². The van der Waals surface area contributed by atoms with E-state index in [1.807, 2.05) is 62.6 Å². The molecule has 0 unspecified atom stereocenters. The number of sulfonamides is 1. The zero-order valence-corrected chi connectivity index (χ0v) is 20.9. The van der Waals surface area contributed by atoms with E-state index in [2.05, 4.69) is 10.2 Å². The number of aryl methyl sites for hydroxylation is 1. The third-order valence-corrected chi connectivity index (χ3v) is 7.95. The van der Waals surface area contributed by atoms with Crippen molar-refractivity contribution in [3.05, 3.63) is 94.0 Å².